The number of aromatic nitrogens is 3. The number of nitriles is 1. The van der Waals surface area contributed by atoms with E-state index in [2.05, 4.69) is 16.3 Å². The molecule has 0 spiro atoms. The van der Waals surface area contributed by atoms with Crippen LogP contribution in [0.1, 0.15) is 62.5 Å². The first-order valence-electron chi connectivity index (χ1n) is 11.5. The van der Waals surface area contributed by atoms with Gasteiger partial charge in [0.1, 0.15) is 18.4 Å². The third-order valence-corrected chi connectivity index (χ3v) is 7.32. The summed E-state index contributed by atoms with van der Waals surface area (Å²) in [5.74, 6) is 0.451. The molecule has 1 amide bonds. The van der Waals surface area contributed by atoms with Crippen molar-refractivity contribution in [3.63, 3.8) is 0 Å². The zero-order valence-corrected chi connectivity index (χ0v) is 19.4. The smallest absolute Gasteiger partial charge is 0.321 e. The number of aldehydes is 1. The van der Waals surface area contributed by atoms with Gasteiger partial charge in [0.15, 0.2) is 0 Å². The first kappa shape index (κ1) is 23.7. The zero-order valence-electron chi connectivity index (χ0n) is 19.4. The number of carbonyl (C=O) groups excluding carboxylic acids is 2. The van der Waals surface area contributed by atoms with Crippen molar-refractivity contribution in [2.24, 2.45) is 13.0 Å². The number of amides is 1. The molecule has 3 aromatic rings. The molecule has 0 atom stereocenters. The molecule has 2 heterocycles. The van der Waals surface area contributed by atoms with Crippen LogP contribution < -0.4 is 4.90 Å². The van der Waals surface area contributed by atoms with Crippen molar-refractivity contribution in [3.05, 3.63) is 76.4 Å². The van der Waals surface area contributed by atoms with Crippen molar-refractivity contribution >= 4 is 17.9 Å². The van der Waals surface area contributed by atoms with Gasteiger partial charge < -0.3 is 9.47 Å². The molecule has 7 nitrogen and oxygen atoms in total. The Balaban J connectivity index is 1.51. The maximum Gasteiger partial charge on any atom is 0.416 e. The highest BCUT2D eigenvalue weighted by molar-refractivity contribution is 6.11. The molecule has 0 saturated heterocycles. The number of nitrogens with zero attached hydrogens (tertiary/aromatic N) is 5. The van der Waals surface area contributed by atoms with Crippen molar-refractivity contribution in [3.8, 4) is 6.07 Å². The van der Waals surface area contributed by atoms with Crippen molar-refractivity contribution < 1.29 is 22.8 Å². The van der Waals surface area contributed by atoms with E-state index in [1.807, 2.05) is 23.7 Å². The van der Waals surface area contributed by atoms with E-state index in [9.17, 15) is 22.8 Å². The van der Waals surface area contributed by atoms with Gasteiger partial charge in [0, 0.05) is 42.1 Å². The molecular weight excluding hydrogens is 471 g/mol. The van der Waals surface area contributed by atoms with E-state index in [0.717, 1.165) is 30.3 Å². The summed E-state index contributed by atoms with van der Waals surface area (Å²) in [5, 5.41) is 17.3. The number of aryl methyl sites for hydroxylation is 1. The molecule has 2 aliphatic rings. The van der Waals surface area contributed by atoms with Gasteiger partial charge in [-0.15, -0.1) is 10.2 Å². The first-order chi connectivity index (χ1) is 17.1. The Morgan fingerprint density at radius 1 is 1.25 bits per heavy atom. The number of rotatable bonds is 6. The van der Waals surface area contributed by atoms with Gasteiger partial charge >= 0.3 is 6.18 Å². The van der Waals surface area contributed by atoms with Gasteiger partial charge in [-0.25, -0.2) is 0 Å². The van der Waals surface area contributed by atoms with Crippen LogP contribution in [0.5, 0.6) is 0 Å². The van der Waals surface area contributed by atoms with Crippen LogP contribution in [0, 0.1) is 17.2 Å². The van der Waals surface area contributed by atoms with Gasteiger partial charge in [0.25, 0.3) is 5.91 Å². The largest absolute Gasteiger partial charge is 0.416 e. The lowest BCUT2D eigenvalue weighted by Gasteiger charge is -2.48. The van der Waals surface area contributed by atoms with Crippen LogP contribution in [0.2, 0.25) is 0 Å². The van der Waals surface area contributed by atoms with Gasteiger partial charge in [0.2, 0.25) is 0 Å². The number of fused-ring (bicyclic) bond motifs is 1. The number of halogens is 3. The van der Waals surface area contributed by atoms with E-state index in [4.69, 9.17) is 5.26 Å². The topological polar surface area (TPSA) is 91.9 Å². The molecule has 184 valence electrons. The number of hydrogen-bond acceptors (Lipinski definition) is 5. The van der Waals surface area contributed by atoms with Crippen LogP contribution in [0.4, 0.5) is 18.9 Å². The highest BCUT2D eigenvalue weighted by Crippen LogP contribution is 2.51. The maximum absolute atomic E-state index is 13.7. The van der Waals surface area contributed by atoms with Crippen LogP contribution >= 0.6 is 0 Å². The summed E-state index contributed by atoms with van der Waals surface area (Å²) in [6.07, 6.45) is -0.210. The lowest BCUT2D eigenvalue weighted by atomic mass is 9.56. The Kier molecular flexibility index (Phi) is 5.66. The molecule has 1 fully saturated rings. The van der Waals surface area contributed by atoms with Crippen LogP contribution in [-0.2, 0) is 31.6 Å². The predicted octanol–water partition coefficient (Wildman–Crippen LogP) is 4.61. The summed E-state index contributed by atoms with van der Waals surface area (Å²) >= 11 is 0. The second-order valence-electron chi connectivity index (χ2n) is 9.60. The van der Waals surface area contributed by atoms with E-state index in [1.165, 1.54) is 11.0 Å². The molecule has 10 heteroatoms. The quantitative estimate of drug-likeness (QED) is 0.468. The van der Waals surface area contributed by atoms with E-state index >= 15 is 0 Å². The fourth-order valence-electron chi connectivity index (χ4n) is 5.53. The monoisotopic (exact) mass is 493 g/mol. The van der Waals surface area contributed by atoms with Crippen LogP contribution in [0.25, 0.3) is 0 Å². The Morgan fingerprint density at radius 3 is 2.67 bits per heavy atom. The van der Waals surface area contributed by atoms with Crippen LogP contribution in [0.3, 0.4) is 0 Å². The lowest BCUT2D eigenvalue weighted by Crippen LogP contribution is -2.43. The average molecular weight is 493 g/mol. The average Bonchev–Trinajstić information content (AvgIpc) is 3.38. The van der Waals surface area contributed by atoms with Crippen molar-refractivity contribution in [2.45, 2.75) is 43.8 Å². The Bertz CT molecular complexity index is 1400. The summed E-state index contributed by atoms with van der Waals surface area (Å²) in [6, 6.07) is 11.5. The third-order valence-electron chi connectivity index (χ3n) is 7.32. The summed E-state index contributed by atoms with van der Waals surface area (Å²) in [4.78, 5) is 25.8. The molecule has 36 heavy (non-hydrogen) atoms. The van der Waals surface area contributed by atoms with Gasteiger partial charge in [-0.05, 0) is 54.2 Å². The van der Waals surface area contributed by atoms with Gasteiger partial charge in [0.05, 0.1) is 18.2 Å². The second-order valence-corrected chi connectivity index (χ2v) is 9.60. The molecule has 0 radical (unpaired) electrons. The molecule has 1 saturated carbocycles. The van der Waals surface area contributed by atoms with Gasteiger partial charge in [-0.1, -0.05) is 12.1 Å². The molecule has 1 aliphatic heterocycles. The minimum absolute atomic E-state index is 0.108. The Hall–Kier alpha value is -4.00. The number of anilines is 1. The molecule has 5 rings (SSSR count). The molecule has 0 bridgehead atoms. The second kappa shape index (κ2) is 8.59. The minimum atomic E-state index is -4.69. The number of benzene rings is 2. The first-order valence-corrected chi connectivity index (χ1v) is 11.5. The SMILES string of the molecule is Cn1cnnc1CC1(c2cccc(N3Cc4c(cc(C=O)cc4C(F)(F)F)C3=O)c2)CC(CC#N)C1. The van der Waals surface area contributed by atoms with Crippen LogP contribution in [-0.4, -0.2) is 27.0 Å². The number of hydrogen-bond donors (Lipinski definition) is 0. The molecule has 1 aromatic heterocycles. The standard InChI is InChI=1S/C26H22F3N5O2/c1-33-15-31-32-23(33)12-25(10-16(11-25)5-6-30)18-3-2-4-19(9-18)34-13-21-20(24(34)36)7-17(14-35)8-22(21)26(27,28)29/h2-4,7-9,14-16H,5,10-13H2,1H3. The van der Waals surface area contributed by atoms with E-state index in [-0.39, 0.29) is 34.6 Å². The molecule has 1 aliphatic carbocycles. The molecule has 0 N–H and O–H groups in total. The van der Waals surface area contributed by atoms with Gasteiger partial charge in [-0.3, -0.25) is 9.59 Å². The zero-order chi connectivity index (χ0) is 25.7. The predicted molar refractivity (Wildman–Crippen MR) is 123 cm³/mol. The van der Waals surface area contributed by atoms with Crippen molar-refractivity contribution in [1.82, 2.24) is 14.8 Å². The number of alkyl halides is 3. The maximum atomic E-state index is 13.7. The highest BCUT2D eigenvalue weighted by Gasteiger charge is 2.47. The van der Waals surface area contributed by atoms with E-state index < -0.39 is 17.6 Å². The fraction of sp³-hybridized carbons (Fsp3) is 0.346. The van der Waals surface area contributed by atoms with E-state index in [0.29, 0.717) is 24.8 Å². The third kappa shape index (κ3) is 3.94. The summed E-state index contributed by atoms with van der Waals surface area (Å²) < 4.78 is 43.0. The highest BCUT2D eigenvalue weighted by atomic mass is 19.4. The summed E-state index contributed by atoms with van der Waals surface area (Å²) in [6.45, 7) is -0.237. The molecule has 2 aromatic carbocycles. The van der Waals surface area contributed by atoms with E-state index in [1.54, 1.807) is 18.5 Å². The number of carbonyl (C=O) groups is 2. The molecular formula is C26H22F3N5O2. The summed E-state index contributed by atoms with van der Waals surface area (Å²) in [7, 11) is 1.86. The van der Waals surface area contributed by atoms with Crippen molar-refractivity contribution in [2.75, 3.05) is 4.90 Å². The van der Waals surface area contributed by atoms with Gasteiger partial charge in [-0.2, -0.15) is 18.4 Å². The Labute approximate surface area is 205 Å². The Morgan fingerprint density at radius 2 is 2.03 bits per heavy atom. The normalized spacial score (nSPS) is 21.1. The minimum Gasteiger partial charge on any atom is -0.321 e. The summed E-state index contributed by atoms with van der Waals surface area (Å²) in [5.41, 5.74) is -0.299. The molecule has 0 unspecified atom stereocenters. The van der Waals surface area contributed by atoms with Crippen molar-refractivity contribution in [1.29, 1.82) is 5.26 Å². The van der Waals surface area contributed by atoms with Crippen LogP contribution in [0.15, 0.2) is 42.7 Å². The lowest BCUT2D eigenvalue weighted by molar-refractivity contribution is -0.138. The fourth-order valence-corrected chi connectivity index (χ4v) is 5.53.